The SMILES string of the molecule is Cc1cc2cc(C(=O)Cc3cnn(Cc4c(C)noc4C)c3)ccc2o1. The summed E-state index contributed by atoms with van der Waals surface area (Å²) in [5.74, 6) is 1.69. The van der Waals surface area contributed by atoms with E-state index in [9.17, 15) is 4.79 Å². The number of aromatic nitrogens is 3. The lowest BCUT2D eigenvalue weighted by molar-refractivity contribution is 0.0993. The third-order valence-electron chi connectivity index (χ3n) is 4.51. The first-order chi connectivity index (χ1) is 12.5. The third kappa shape index (κ3) is 3.06. The zero-order valence-electron chi connectivity index (χ0n) is 14.9. The Morgan fingerprint density at radius 3 is 2.81 bits per heavy atom. The van der Waals surface area contributed by atoms with Gasteiger partial charge in [-0.2, -0.15) is 5.10 Å². The standard InChI is InChI=1S/C20H19N3O3/c1-12-6-17-8-16(4-5-20(17)25-12)19(24)7-15-9-21-23(10-15)11-18-13(2)22-26-14(18)3/h4-6,8-10H,7,11H2,1-3H3. The van der Waals surface area contributed by atoms with Gasteiger partial charge >= 0.3 is 0 Å². The van der Waals surface area contributed by atoms with Crippen molar-refractivity contribution in [2.45, 2.75) is 33.7 Å². The summed E-state index contributed by atoms with van der Waals surface area (Å²) in [4.78, 5) is 12.6. The molecule has 0 saturated heterocycles. The fourth-order valence-corrected chi connectivity index (χ4v) is 3.11. The normalized spacial score (nSPS) is 11.3. The minimum Gasteiger partial charge on any atom is -0.461 e. The first-order valence-electron chi connectivity index (χ1n) is 8.46. The first kappa shape index (κ1) is 16.3. The van der Waals surface area contributed by atoms with Gasteiger partial charge in [0.05, 0.1) is 18.4 Å². The molecule has 6 heteroatoms. The average Bonchev–Trinajstić information content (AvgIpc) is 3.28. The van der Waals surface area contributed by atoms with Crippen LogP contribution in [0.3, 0.4) is 0 Å². The van der Waals surface area contributed by atoms with Crippen molar-refractivity contribution in [2.75, 3.05) is 0 Å². The molecule has 0 bridgehead atoms. The molecule has 0 fully saturated rings. The van der Waals surface area contributed by atoms with Gasteiger partial charge in [0, 0.05) is 29.1 Å². The molecule has 1 aromatic carbocycles. The molecule has 4 aromatic rings. The number of hydrogen-bond donors (Lipinski definition) is 0. The number of carbonyl (C=O) groups excluding carboxylic acids is 1. The molecule has 4 rings (SSSR count). The van der Waals surface area contributed by atoms with Crippen molar-refractivity contribution < 1.29 is 13.7 Å². The summed E-state index contributed by atoms with van der Waals surface area (Å²) >= 11 is 0. The number of fused-ring (bicyclic) bond motifs is 1. The van der Waals surface area contributed by atoms with E-state index in [2.05, 4.69) is 10.3 Å². The highest BCUT2D eigenvalue weighted by atomic mass is 16.5. The predicted octanol–water partition coefficient (Wildman–Crippen LogP) is 4.02. The van der Waals surface area contributed by atoms with Crippen LogP contribution in [0.2, 0.25) is 0 Å². The molecule has 0 aliphatic carbocycles. The number of ketones is 1. The molecule has 0 N–H and O–H groups in total. The number of hydrogen-bond acceptors (Lipinski definition) is 5. The van der Waals surface area contributed by atoms with E-state index in [0.717, 1.165) is 39.3 Å². The molecule has 0 atom stereocenters. The fourth-order valence-electron chi connectivity index (χ4n) is 3.11. The Labute approximate surface area is 150 Å². The van der Waals surface area contributed by atoms with E-state index in [1.165, 1.54) is 0 Å². The molecular weight excluding hydrogens is 330 g/mol. The van der Waals surface area contributed by atoms with Crippen molar-refractivity contribution >= 4 is 16.8 Å². The Morgan fingerprint density at radius 1 is 1.19 bits per heavy atom. The summed E-state index contributed by atoms with van der Waals surface area (Å²) in [7, 11) is 0. The van der Waals surface area contributed by atoms with Crippen LogP contribution >= 0.6 is 0 Å². The smallest absolute Gasteiger partial charge is 0.167 e. The van der Waals surface area contributed by atoms with Gasteiger partial charge in [-0.1, -0.05) is 5.16 Å². The van der Waals surface area contributed by atoms with Crippen LogP contribution in [-0.2, 0) is 13.0 Å². The molecular formula is C20H19N3O3. The van der Waals surface area contributed by atoms with E-state index in [1.54, 1.807) is 10.9 Å². The Morgan fingerprint density at radius 2 is 2.04 bits per heavy atom. The number of furan rings is 1. The number of aryl methyl sites for hydroxylation is 3. The van der Waals surface area contributed by atoms with Crippen LogP contribution in [-0.4, -0.2) is 20.7 Å². The largest absolute Gasteiger partial charge is 0.461 e. The summed E-state index contributed by atoms with van der Waals surface area (Å²) in [6.07, 6.45) is 3.94. The Bertz CT molecular complexity index is 1080. The van der Waals surface area contributed by atoms with Gasteiger partial charge in [0.1, 0.15) is 17.1 Å². The Kier molecular flexibility index (Phi) is 3.95. The molecule has 0 saturated carbocycles. The molecule has 6 nitrogen and oxygen atoms in total. The van der Waals surface area contributed by atoms with E-state index >= 15 is 0 Å². The van der Waals surface area contributed by atoms with Gasteiger partial charge < -0.3 is 8.94 Å². The highest BCUT2D eigenvalue weighted by molar-refractivity contribution is 6.00. The van der Waals surface area contributed by atoms with Gasteiger partial charge in [-0.25, -0.2) is 0 Å². The molecule has 26 heavy (non-hydrogen) atoms. The lowest BCUT2D eigenvalue weighted by Crippen LogP contribution is -2.04. The van der Waals surface area contributed by atoms with Crippen molar-refractivity contribution in [1.29, 1.82) is 0 Å². The number of benzene rings is 1. The first-order valence-corrected chi connectivity index (χ1v) is 8.46. The minimum atomic E-state index is 0.0580. The Balaban J connectivity index is 1.50. The van der Waals surface area contributed by atoms with Crippen molar-refractivity contribution in [1.82, 2.24) is 14.9 Å². The second-order valence-electron chi connectivity index (χ2n) is 6.56. The van der Waals surface area contributed by atoms with Crippen molar-refractivity contribution in [3.05, 3.63) is 70.6 Å². The fraction of sp³-hybridized carbons (Fsp3) is 0.250. The number of nitrogens with zero attached hydrogens (tertiary/aromatic N) is 3. The monoisotopic (exact) mass is 349 g/mol. The maximum atomic E-state index is 12.6. The molecule has 132 valence electrons. The van der Waals surface area contributed by atoms with Crippen LogP contribution in [0.25, 0.3) is 11.0 Å². The van der Waals surface area contributed by atoms with Crippen LogP contribution in [0.1, 0.15) is 38.7 Å². The zero-order chi connectivity index (χ0) is 18.3. The summed E-state index contributed by atoms with van der Waals surface area (Å²) in [6, 6.07) is 7.47. The van der Waals surface area contributed by atoms with Crippen molar-refractivity contribution in [2.24, 2.45) is 0 Å². The van der Waals surface area contributed by atoms with Crippen LogP contribution in [0.5, 0.6) is 0 Å². The van der Waals surface area contributed by atoms with Crippen LogP contribution < -0.4 is 0 Å². The molecule has 3 heterocycles. The molecule has 3 aromatic heterocycles. The summed E-state index contributed by atoms with van der Waals surface area (Å²) in [5, 5.41) is 9.26. The second kappa shape index (κ2) is 6.29. The Hall–Kier alpha value is -3.15. The van der Waals surface area contributed by atoms with Crippen molar-refractivity contribution in [3.8, 4) is 0 Å². The maximum absolute atomic E-state index is 12.6. The van der Waals surface area contributed by atoms with Gasteiger partial charge in [-0.15, -0.1) is 0 Å². The average molecular weight is 349 g/mol. The lowest BCUT2D eigenvalue weighted by Gasteiger charge is -2.01. The van der Waals surface area contributed by atoms with Gasteiger partial charge in [0.2, 0.25) is 0 Å². The predicted molar refractivity (Wildman–Crippen MR) is 96.3 cm³/mol. The number of Topliss-reactive ketones (excluding diaryl/α,β-unsaturated/α-hetero) is 1. The minimum absolute atomic E-state index is 0.0580. The van der Waals surface area contributed by atoms with E-state index in [4.69, 9.17) is 8.94 Å². The van der Waals surface area contributed by atoms with E-state index in [0.29, 0.717) is 18.5 Å². The van der Waals surface area contributed by atoms with Crippen molar-refractivity contribution in [3.63, 3.8) is 0 Å². The third-order valence-corrected chi connectivity index (χ3v) is 4.51. The molecule has 0 amide bonds. The van der Waals surface area contributed by atoms with E-state index < -0.39 is 0 Å². The molecule has 0 radical (unpaired) electrons. The van der Waals surface area contributed by atoms with Crippen LogP contribution in [0.15, 0.2) is 45.6 Å². The number of rotatable bonds is 5. The topological polar surface area (TPSA) is 74.1 Å². The zero-order valence-corrected chi connectivity index (χ0v) is 14.9. The van der Waals surface area contributed by atoms with E-state index in [-0.39, 0.29) is 5.78 Å². The quantitative estimate of drug-likeness (QED) is 0.509. The summed E-state index contributed by atoms with van der Waals surface area (Å²) in [6.45, 7) is 6.27. The second-order valence-corrected chi connectivity index (χ2v) is 6.56. The van der Waals surface area contributed by atoms with Gasteiger partial charge in [-0.05, 0) is 50.6 Å². The highest BCUT2D eigenvalue weighted by Gasteiger charge is 2.13. The molecule has 0 aliphatic rings. The summed E-state index contributed by atoms with van der Waals surface area (Å²) in [5.41, 5.74) is 4.24. The van der Waals surface area contributed by atoms with Crippen LogP contribution in [0, 0.1) is 20.8 Å². The highest BCUT2D eigenvalue weighted by Crippen LogP contribution is 2.21. The molecule has 0 spiro atoms. The molecule has 0 aliphatic heterocycles. The van der Waals surface area contributed by atoms with E-state index in [1.807, 2.05) is 51.2 Å². The van der Waals surface area contributed by atoms with Crippen LogP contribution in [0.4, 0.5) is 0 Å². The molecule has 0 unspecified atom stereocenters. The van der Waals surface area contributed by atoms with Gasteiger partial charge in [0.25, 0.3) is 0 Å². The number of carbonyl (C=O) groups is 1. The van der Waals surface area contributed by atoms with Gasteiger partial charge in [-0.3, -0.25) is 9.48 Å². The summed E-state index contributed by atoms with van der Waals surface area (Å²) < 4.78 is 12.5. The van der Waals surface area contributed by atoms with Gasteiger partial charge in [0.15, 0.2) is 5.78 Å². The lowest BCUT2D eigenvalue weighted by atomic mass is 10.0. The maximum Gasteiger partial charge on any atom is 0.167 e.